The zero-order valence-electron chi connectivity index (χ0n) is 7.82. The molecule has 0 aliphatic carbocycles. The van der Waals surface area contributed by atoms with E-state index >= 15 is 0 Å². The van der Waals surface area contributed by atoms with Gasteiger partial charge in [0.15, 0.2) is 0 Å². The van der Waals surface area contributed by atoms with Gasteiger partial charge in [0.25, 0.3) is 5.69 Å². The van der Waals surface area contributed by atoms with Crippen LogP contribution >= 0.6 is 31.0 Å². The summed E-state index contributed by atoms with van der Waals surface area (Å²) in [5, 5.41) is 18.8. The maximum absolute atomic E-state index is 10.3. The first kappa shape index (κ1) is 16.1. The molecule has 0 unspecified atom stereocenters. The summed E-state index contributed by atoms with van der Waals surface area (Å²) >= 11 is 10.9. The average molecular weight is 306 g/mol. The van der Waals surface area contributed by atoms with Crippen LogP contribution in [-0.4, -0.2) is 24.7 Å². The quantitative estimate of drug-likeness (QED) is 0.351. The van der Waals surface area contributed by atoms with Gasteiger partial charge in [-0.25, -0.2) is 4.57 Å². The molecule has 0 saturated heterocycles. The second-order valence-corrected chi connectivity index (χ2v) is 4.28. The van der Waals surface area contributed by atoms with Crippen LogP contribution in [0.25, 0.3) is 0 Å². The molecule has 11 heteroatoms. The highest BCUT2D eigenvalue weighted by molar-refractivity contribution is 7.45. The Kier molecular flexibility index (Phi) is 5.83. The van der Waals surface area contributed by atoms with Gasteiger partial charge in [-0.1, -0.05) is 23.2 Å². The molecule has 1 rings (SSSR count). The van der Waals surface area contributed by atoms with E-state index in [-0.39, 0.29) is 21.5 Å². The third-order valence-electron chi connectivity index (χ3n) is 1.24. The Morgan fingerprint density at radius 3 is 1.94 bits per heavy atom. The minimum absolute atomic E-state index is 0.203. The molecular weight excluding hydrogens is 300 g/mol. The summed E-state index contributed by atoms with van der Waals surface area (Å²) in [5.41, 5.74) is -0.320. The Labute approximate surface area is 104 Å². The van der Waals surface area contributed by atoms with Crippen molar-refractivity contribution < 1.29 is 29.3 Å². The predicted octanol–water partition coefficient (Wildman–Crippen LogP) is 1.68. The lowest BCUT2D eigenvalue weighted by atomic mass is 10.3. The third-order valence-corrected chi connectivity index (χ3v) is 2.10. The van der Waals surface area contributed by atoms with Crippen LogP contribution in [0.1, 0.15) is 0 Å². The molecule has 0 heterocycles. The van der Waals surface area contributed by atoms with E-state index in [9.17, 15) is 10.1 Å². The van der Waals surface area contributed by atoms with E-state index in [1.807, 2.05) is 0 Å². The molecule has 0 amide bonds. The molecular formula is C6H6Cl2NO7P. The standard InChI is InChI=1S/C6H3Cl2NO3.H3O4P/c7-5-3(9(11)12)1-2-4(10)6(5)8;1-5(2,3)4/h1-2,10H;(H3,1,2,3,4). The molecule has 0 spiro atoms. The molecule has 8 nitrogen and oxygen atoms in total. The van der Waals surface area contributed by atoms with E-state index < -0.39 is 12.7 Å². The van der Waals surface area contributed by atoms with Crippen LogP contribution in [0.4, 0.5) is 5.69 Å². The van der Waals surface area contributed by atoms with Gasteiger partial charge in [-0.2, -0.15) is 0 Å². The first-order valence-corrected chi connectivity index (χ1v) is 5.95. The van der Waals surface area contributed by atoms with Crippen LogP contribution in [0.5, 0.6) is 5.75 Å². The van der Waals surface area contributed by atoms with Crippen LogP contribution in [0.3, 0.4) is 0 Å². The molecule has 4 N–H and O–H groups in total. The van der Waals surface area contributed by atoms with Crippen molar-refractivity contribution in [1.29, 1.82) is 0 Å². The van der Waals surface area contributed by atoms with Crippen LogP contribution in [0.2, 0.25) is 10.0 Å². The molecule has 1 aromatic rings. The molecule has 0 atom stereocenters. The molecule has 0 aliphatic heterocycles. The van der Waals surface area contributed by atoms with Gasteiger partial charge in [0.2, 0.25) is 0 Å². The summed E-state index contributed by atoms with van der Waals surface area (Å²) in [6.45, 7) is 0. The van der Waals surface area contributed by atoms with Crippen LogP contribution < -0.4 is 0 Å². The van der Waals surface area contributed by atoms with Gasteiger partial charge in [0, 0.05) is 6.07 Å². The molecule has 0 fully saturated rings. The first-order valence-electron chi connectivity index (χ1n) is 3.63. The lowest BCUT2D eigenvalue weighted by molar-refractivity contribution is -0.384. The number of phenolic OH excluding ortho intramolecular Hbond substituents is 1. The molecule has 0 radical (unpaired) electrons. The molecule has 17 heavy (non-hydrogen) atoms. The van der Waals surface area contributed by atoms with Gasteiger partial charge in [-0.15, -0.1) is 0 Å². The van der Waals surface area contributed by atoms with Crippen LogP contribution in [0.15, 0.2) is 12.1 Å². The van der Waals surface area contributed by atoms with Gasteiger partial charge < -0.3 is 19.8 Å². The van der Waals surface area contributed by atoms with Gasteiger partial charge in [-0.3, -0.25) is 10.1 Å². The fourth-order valence-corrected chi connectivity index (χ4v) is 1.06. The van der Waals surface area contributed by atoms with Crippen LogP contribution in [0, 0.1) is 10.1 Å². The van der Waals surface area contributed by atoms with E-state index in [0.29, 0.717) is 0 Å². The van der Waals surface area contributed by atoms with Crippen molar-refractivity contribution in [3.63, 3.8) is 0 Å². The fraction of sp³-hybridized carbons (Fsp3) is 0. The van der Waals surface area contributed by atoms with Crippen molar-refractivity contribution in [2.45, 2.75) is 0 Å². The Morgan fingerprint density at radius 1 is 1.18 bits per heavy atom. The number of hydrogen-bond donors (Lipinski definition) is 4. The Bertz CT molecular complexity index is 465. The zero-order valence-corrected chi connectivity index (χ0v) is 10.2. The maximum Gasteiger partial charge on any atom is 0.466 e. The van der Waals surface area contributed by atoms with Gasteiger partial charge in [0.05, 0.1) is 4.92 Å². The number of halogens is 2. The Balaban J connectivity index is 0.000000437. The first-order chi connectivity index (χ1) is 7.54. The van der Waals surface area contributed by atoms with Gasteiger partial charge >= 0.3 is 7.82 Å². The Morgan fingerprint density at radius 2 is 1.59 bits per heavy atom. The zero-order chi connectivity index (χ0) is 13.8. The second-order valence-electron chi connectivity index (χ2n) is 2.50. The molecule has 0 saturated carbocycles. The van der Waals surface area contributed by atoms with E-state index in [0.717, 1.165) is 12.1 Å². The lowest BCUT2D eigenvalue weighted by Crippen LogP contribution is -1.88. The highest BCUT2D eigenvalue weighted by Crippen LogP contribution is 2.37. The van der Waals surface area contributed by atoms with E-state index in [4.69, 9.17) is 47.6 Å². The third kappa shape index (κ3) is 6.42. The predicted molar refractivity (Wildman–Crippen MR) is 59.0 cm³/mol. The van der Waals surface area contributed by atoms with E-state index in [1.165, 1.54) is 0 Å². The summed E-state index contributed by atoms with van der Waals surface area (Å²) in [6.07, 6.45) is 0. The highest BCUT2D eigenvalue weighted by atomic mass is 35.5. The van der Waals surface area contributed by atoms with Gasteiger partial charge in [0.1, 0.15) is 15.8 Å². The number of phenols is 1. The van der Waals surface area contributed by atoms with E-state index in [1.54, 1.807) is 0 Å². The summed E-state index contributed by atoms with van der Waals surface area (Å²) in [7, 11) is -4.64. The molecule has 96 valence electrons. The maximum atomic E-state index is 10.3. The summed E-state index contributed by atoms with van der Waals surface area (Å²) in [4.78, 5) is 31.2. The largest absolute Gasteiger partial charge is 0.506 e. The lowest BCUT2D eigenvalue weighted by Gasteiger charge is -1.98. The minimum atomic E-state index is -4.64. The van der Waals surface area contributed by atoms with Crippen molar-refractivity contribution in [3.05, 3.63) is 32.3 Å². The number of phosphoric acid groups is 1. The van der Waals surface area contributed by atoms with Crippen molar-refractivity contribution in [2.24, 2.45) is 0 Å². The smallest absolute Gasteiger partial charge is 0.466 e. The molecule has 0 bridgehead atoms. The number of nitro benzene ring substituents is 1. The van der Waals surface area contributed by atoms with Crippen molar-refractivity contribution in [1.82, 2.24) is 0 Å². The van der Waals surface area contributed by atoms with E-state index in [2.05, 4.69) is 0 Å². The summed E-state index contributed by atoms with van der Waals surface area (Å²) < 4.78 is 8.88. The number of benzene rings is 1. The minimum Gasteiger partial charge on any atom is -0.506 e. The SMILES string of the molecule is O=P(O)(O)O.O=[N+]([O-])c1ccc(O)c(Cl)c1Cl. The fourth-order valence-electron chi connectivity index (χ4n) is 0.670. The summed E-state index contributed by atoms with van der Waals surface area (Å²) in [6, 6.07) is 2.20. The number of aromatic hydroxyl groups is 1. The van der Waals surface area contributed by atoms with Crippen molar-refractivity contribution in [3.8, 4) is 5.75 Å². The second kappa shape index (κ2) is 6.15. The number of hydrogen-bond acceptors (Lipinski definition) is 4. The van der Waals surface area contributed by atoms with Crippen LogP contribution in [-0.2, 0) is 4.57 Å². The topological polar surface area (TPSA) is 141 Å². The highest BCUT2D eigenvalue weighted by Gasteiger charge is 2.17. The molecule has 1 aromatic carbocycles. The molecule has 0 aliphatic rings. The van der Waals surface area contributed by atoms with Crippen molar-refractivity contribution in [2.75, 3.05) is 0 Å². The number of rotatable bonds is 1. The Hall–Kier alpha value is -0.890. The summed E-state index contributed by atoms with van der Waals surface area (Å²) in [5.74, 6) is -0.271. The molecule has 0 aromatic heterocycles. The number of nitrogens with zero attached hydrogens (tertiary/aromatic N) is 1. The van der Waals surface area contributed by atoms with Gasteiger partial charge in [-0.05, 0) is 6.07 Å². The van der Waals surface area contributed by atoms with Crippen molar-refractivity contribution >= 4 is 36.7 Å². The average Bonchev–Trinajstić information content (AvgIpc) is 2.11. The number of nitro groups is 1. The normalized spacial score (nSPS) is 10.4. The monoisotopic (exact) mass is 305 g/mol.